The molecule has 3 N–H and O–H groups in total. The Balaban J connectivity index is 1.89. The number of nitrogens with zero attached hydrogens (tertiary/aromatic N) is 2. The molecular formula is C15H20ClN5O2S. The third-order valence-corrected chi connectivity index (χ3v) is 4.77. The van der Waals surface area contributed by atoms with Crippen LogP contribution in [0.4, 0.5) is 11.6 Å². The molecule has 0 radical (unpaired) electrons. The molecule has 130 valence electrons. The maximum absolute atomic E-state index is 12.1. The van der Waals surface area contributed by atoms with E-state index in [0.717, 1.165) is 12.4 Å². The Morgan fingerprint density at radius 2 is 1.67 bits per heavy atom. The van der Waals surface area contributed by atoms with Crippen LogP contribution >= 0.6 is 11.6 Å². The summed E-state index contributed by atoms with van der Waals surface area (Å²) < 4.78 is 26.8. The van der Waals surface area contributed by atoms with Crippen molar-refractivity contribution in [1.82, 2.24) is 14.7 Å². The van der Waals surface area contributed by atoms with Crippen LogP contribution in [0, 0.1) is 6.92 Å². The fourth-order valence-electron chi connectivity index (χ4n) is 2.00. The summed E-state index contributed by atoms with van der Waals surface area (Å²) in [6.45, 7) is 5.17. The van der Waals surface area contributed by atoms with Crippen LogP contribution in [0.2, 0.25) is 5.02 Å². The maximum atomic E-state index is 12.1. The maximum Gasteiger partial charge on any atom is 0.240 e. The molecule has 0 aliphatic carbocycles. The number of anilines is 2. The highest BCUT2D eigenvalue weighted by molar-refractivity contribution is 7.89. The largest absolute Gasteiger partial charge is 0.370 e. The highest BCUT2D eigenvalue weighted by Gasteiger charge is 2.12. The Labute approximate surface area is 146 Å². The molecule has 0 aliphatic heterocycles. The van der Waals surface area contributed by atoms with Crippen molar-refractivity contribution < 1.29 is 8.42 Å². The summed E-state index contributed by atoms with van der Waals surface area (Å²) in [5.41, 5.74) is 0. The minimum absolute atomic E-state index is 0.180. The zero-order valence-corrected chi connectivity index (χ0v) is 15.1. The van der Waals surface area contributed by atoms with Gasteiger partial charge in [-0.05, 0) is 38.1 Å². The lowest BCUT2D eigenvalue weighted by Gasteiger charge is -2.10. The Bertz CT molecular complexity index is 781. The van der Waals surface area contributed by atoms with E-state index in [1.165, 1.54) is 12.1 Å². The van der Waals surface area contributed by atoms with E-state index >= 15 is 0 Å². The van der Waals surface area contributed by atoms with Crippen molar-refractivity contribution in [3.63, 3.8) is 0 Å². The van der Waals surface area contributed by atoms with Gasteiger partial charge < -0.3 is 10.6 Å². The van der Waals surface area contributed by atoms with Gasteiger partial charge in [0.25, 0.3) is 0 Å². The highest BCUT2D eigenvalue weighted by Crippen LogP contribution is 2.14. The molecule has 24 heavy (non-hydrogen) atoms. The molecule has 0 fully saturated rings. The SMILES string of the molecule is CCNc1cc(NCCNS(=O)(=O)c2ccc(Cl)cc2)nc(C)n1. The summed E-state index contributed by atoms with van der Waals surface area (Å²) in [5.74, 6) is 2.01. The number of benzene rings is 1. The van der Waals surface area contributed by atoms with E-state index in [9.17, 15) is 8.42 Å². The smallest absolute Gasteiger partial charge is 0.240 e. The predicted molar refractivity (Wildman–Crippen MR) is 96.1 cm³/mol. The molecule has 0 unspecified atom stereocenters. The molecule has 0 saturated carbocycles. The highest BCUT2D eigenvalue weighted by atomic mass is 35.5. The van der Waals surface area contributed by atoms with Gasteiger partial charge in [0.1, 0.15) is 17.5 Å². The van der Waals surface area contributed by atoms with Gasteiger partial charge in [-0.2, -0.15) is 0 Å². The number of halogens is 1. The molecule has 1 aromatic carbocycles. The normalized spacial score (nSPS) is 11.3. The van der Waals surface area contributed by atoms with E-state index < -0.39 is 10.0 Å². The molecule has 0 saturated heterocycles. The second kappa shape index (κ2) is 8.27. The first-order chi connectivity index (χ1) is 11.4. The fourth-order valence-corrected chi connectivity index (χ4v) is 3.16. The first-order valence-electron chi connectivity index (χ1n) is 7.49. The van der Waals surface area contributed by atoms with Crippen LogP contribution < -0.4 is 15.4 Å². The predicted octanol–water partition coefficient (Wildman–Crippen LogP) is 2.26. The van der Waals surface area contributed by atoms with Gasteiger partial charge in [0.05, 0.1) is 4.90 Å². The number of nitrogens with one attached hydrogen (secondary N) is 3. The second-order valence-corrected chi connectivity index (χ2v) is 7.20. The van der Waals surface area contributed by atoms with Crippen LogP contribution in [0.1, 0.15) is 12.7 Å². The van der Waals surface area contributed by atoms with E-state index in [1.54, 1.807) is 25.1 Å². The minimum atomic E-state index is -3.55. The molecule has 9 heteroatoms. The van der Waals surface area contributed by atoms with Crippen LogP contribution in [0.25, 0.3) is 0 Å². The number of hydrogen-bond acceptors (Lipinski definition) is 6. The van der Waals surface area contributed by atoms with Crippen LogP contribution in [-0.4, -0.2) is 38.0 Å². The molecule has 1 aromatic heterocycles. The second-order valence-electron chi connectivity index (χ2n) is 4.99. The van der Waals surface area contributed by atoms with Gasteiger partial charge in [-0.25, -0.2) is 23.1 Å². The molecule has 0 aliphatic rings. The van der Waals surface area contributed by atoms with Crippen LogP contribution in [0.15, 0.2) is 35.2 Å². The number of hydrogen-bond donors (Lipinski definition) is 3. The van der Waals surface area contributed by atoms with Crippen molar-refractivity contribution in [2.45, 2.75) is 18.7 Å². The van der Waals surface area contributed by atoms with Gasteiger partial charge in [-0.15, -0.1) is 0 Å². The summed E-state index contributed by atoms with van der Waals surface area (Å²) >= 11 is 5.76. The van der Waals surface area contributed by atoms with E-state index in [4.69, 9.17) is 11.6 Å². The van der Waals surface area contributed by atoms with Crippen LogP contribution in [0.3, 0.4) is 0 Å². The van der Waals surface area contributed by atoms with E-state index in [0.29, 0.717) is 23.2 Å². The summed E-state index contributed by atoms with van der Waals surface area (Å²) in [4.78, 5) is 8.70. The molecule has 0 amide bonds. The molecule has 0 bridgehead atoms. The number of aromatic nitrogens is 2. The van der Waals surface area contributed by atoms with Gasteiger partial charge in [0.2, 0.25) is 10.0 Å². The lowest BCUT2D eigenvalue weighted by Crippen LogP contribution is -2.29. The summed E-state index contributed by atoms with van der Waals surface area (Å²) in [7, 11) is -3.55. The summed E-state index contributed by atoms with van der Waals surface area (Å²) in [6, 6.07) is 7.80. The van der Waals surface area contributed by atoms with Crippen molar-refractivity contribution in [2.24, 2.45) is 0 Å². The molecular weight excluding hydrogens is 350 g/mol. The van der Waals surface area contributed by atoms with Crippen molar-refractivity contribution >= 4 is 33.3 Å². The molecule has 0 spiro atoms. The first-order valence-corrected chi connectivity index (χ1v) is 9.35. The molecule has 2 aromatic rings. The number of rotatable bonds is 8. The standard InChI is InChI=1S/C15H20ClN5O2S/c1-3-17-14-10-15(21-11(2)20-14)18-8-9-19-24(22,23)13-6-4-12(16)5-7-13/h4-7,10,19H,3,8-9H2,1-2H3,(H2,17,18,20,21). The zero-order valence-electron chi connectivity index (χ0n) is 13.5. The van der Waals surface area contributed by atoms with Crippen molar-refractivity contribution in [2.75, 3.05) is 30.3 Å². The molecule has 1 heterocycles. The van der Waals surface area contributed by atoms with Gasteiger partial charge >= 0.3 is 0 Å². The minimum Gasteiger partial charge on any atom is -0.370 e. The van der Waals surface area contributed by atoms with Crippen LogP contribution in [0.5, 0.6) is 0 Å². The van der Waals surface area contributed by atoms with Crippen molar-refractivity contribution in [3.05, 3.63) is 41.2 Å². The summed E-state index contributed by atoms with van der Waals surface area (Å²) in [5, 5.41) is 6.69. The number of aryl methyl sites for hydroxylation is 1. The quantitative estimate of drug-likeness (QED) is 0.618. The lowest BCUT2D eigenvalue weighted by molar-refractivity contribution is 0.583. The Kier molecular flexibility index (Phi) is 6.36. The van der Waals surface area contributed by atoms with Crippen molar-refractivity contribution in [3.8, 4) is 0 Å². The van der Waals surface area contributed by atoms with E-state index in [1.807, 2.05) is 6.92 Å². The van der Waals surface area contributed by atoms with Gasteiger partial charge in [-0.3, -0.25) is 0 Å². The van der Waals surface area contributed by atoms with E-state index in [2.05, 4.69) is 25.3 Å². The Hall–Kier alpha value is -1.90. The third kappa shape index (κ3) is 5.33. The Morgan fingerprint density at radius 3 is 2.29 bits per heavy atom. The zero-order chi connectivity index (χ0) is 17.6. The van der Waals surface area contributed by atoms with Gasteiger partial charge in [-0.1, -0.05) is 11.6 Å². The third-order valence-electron chi connectivity index (χ3n) is 3.04. The Morgan fingerprint density at radius 1 is 1.04 bits per heavy atom. The average Bonchev–Trinajstić information content (AvgIpc) is 2.52. The van der Waals surface area contributed by atoms with Crippen molar-refractivity contribution in [1.29, 1.82) is 0 Å². The van der Waals surface area contributed by atoms with E-state index in [-0.39, 0.29) is 11.4 Å². The number of sulfonamides is 1. The molecule has 0 atom stereocenters. The summed E-state index contributed by atoms with van der Waals surface area (Å²) in [6.07, 6.45) is 0. The topological polar surface area (TPSA) is 96.0 Å². The monoisotopic (exact) mass is 369 g/mol. The van der Waals surface area contributed by atoms with Gasteiger partial charge in [0, 0.05) is 30.7 Å². The molecule has 7 nitrogen and oxygen atoms in total. The lowest BCUT2D eigenvalue weighted by atomic mass is 10.4. The first kappa shape index (κ1) is 18.4. The average molecular weight is 370 g/mol. The van der Waals surface area contributed by atoms with Crippen LogP contribution in [-0.2, 0) is 10.0 Å². The molecule has 2 rings (SSSR count). The fraction of sp³-hybridized carbons (Fsp3) is 0.333. The van der Waals surface area contributed by atoms with Gasteiger partial charge in [0.15, 0.2) is 0 Å².